The van der Waals surface area contributed by atoms with Crippen molar-refractivity contribution < 1.29 is 40.0 Å². The lowest BCUT2D eigenvalue weighted by Gasteiger charge is -2.11. The standard InChI is InChI=1S/C10H11F3N2O8S/c1-6(16)22-3-2-21-5-15-4-7(8(17)14-9(15)18)23-24(19,20)10(11,12)13/h4H,2-3,5H2,1H3,(H,14,17,18). The Labute approximate surface area is 131 Å². The number of esters is 1. The van der Waals surface area contributed by atoms with Crippen LogP contribution in [0.25, 0.3) is 0 Å². The molecule has 0 unspecified atom stereocenters. The van der Waals surface area contributed by atoms with E-state index in [2.05, 4.69) is 8.92 Å². The smallest absolute Gasteiger partial charge is 0.463 e. The highest BCUT2D eigenvalue weighted by Crippen LogP contribution is 2.25. The van der Waals surface area contributed by atoms with E-state index in [9.17, 15) is 36.0 Å². The lowest BCUT2D eigenvalue weighted by atomic mass is 10.6. The van der Waals surface area contributed by atoms with Gasteiger partial charge in [0.25, 0.3) is 5.56 Å². The van der Waals surface area contributed by atoms with E-state index in [1.165, 1.54) is 0 Å². The van der Waals surface area contributed by atoms with Gasteiger partial charge in [0, 0.05) is 6.92 Å². The van der Waals surface area contributed by atoms with Crippen molar-refractivity contribution >= 4 is 16.1 Å². The van der Waals surface area contributed by atoms with Crippen LogP contribution in [0.2, 0.25) is 0 Å². The Morgan fingerprint density at radius 2 is 1.92 bits per heavy atom. The van der Waals surface area contributed by atoms with Crippen LogP contribution in [0, 0.1) is 0 Å². The summed E-state index contributed by atoms with van der Waals surface area (Å²) in [7, 11) is -6.08. The largest absolute Gasteiger partial charge is 0.534 e. The average molecular weight is 376 g/mol. The second-order valence-electron chi connectivity index (χ2n) is 4.08. The molecule has 0 atom stereocenters. The molecule has 0 aliphatic rings. The maximum atomic E-state index is 12.2. The highest BCUT2D eigenvalue weighted by molar-refractivity contribution is 7.87. The summed E-state index contributed by atoms with van der Waals surface area (Å²) in [6, 6.07) is 0. The van der Waals surface area contributed by atoms with Gasteiger partial charge in [-0.3, -0.25) is 19.1 Å². The predicted octanol–water partition coefficient (Wildman–Crippen LogP) is -0.698. The van der Waals surface area contributed by atoms with Crippen molar-refractivity contribution in [3.8, 4) is 5.75 Å². The summed E-state index contributed by atoms with van der Waals surface area (Å²) in [6.07, 6.45) is 0.441. The topological polar surface area (TPSA) is 134 Å². The summed E-state index contributed by atoms with van der Waals surface area (Å²) in [5.41, 5.74) is -8.30. The van der Waals surface area contributed by atoms with Crippen molar-refractivity contribution in [1.29, 1.82) is 0 Å². The van der Waals surface area contributed by atoms with Crippen LogP contribution in [0.15, 0.2) is 15.8 Å². The first-order chi connectivity index (χ1) is 10.9. The van der Waals surface area contributed by atoms with Gasteiger partial charge < -0.3 is 13.7 Å². The lowest BCUT2D eigenvalue weighted by Crippen LogP contribution is -2.34. The van der Waals surface area contributed by atoms with Gasteiger partial charge in [0.05, 0.1) is 12.8 Å². The summed E-state index contributed by atoms with van der Waals surface area (Å²) in [5.74, 6) is -1.84. The van der Waals surface area contributed by atoms with Gasteiger partial charge in [-0.2, -0.15) is 21.6 Å². The highest BCUT2D eigenvalue weighted by atomic mass is 32.2. The number of alkyl halides is 3. The normalized spacial score (nSPS) is 12.0. The minimum absolute atomic E-state index is 0.154. The van der Waals surface area contributed by atoms with E-state index in [1.807, 2.05) is 0 Å². The number of carbonyl (C=O) groups is 1. The molecule has 0 saturated heterocycles. The van der Waals surface area contributed by atoms with E-state index in [-0.39, 0.29) is 13.2 Å². The van der Waals surface area contributed by atoms with Crippen molar-refractivity contribution in [1.82, 2.24) is 9.55 Å². The molecule has 0 bridgehead atoms. The van der Waals surface area contributed by atoms with Crippen molar-refractivity contribution in [2.75, 3.05) is 13.2 Å². The van der Waals surface area contributed by atoms with Crippen molar-refractivity contribution in [2.24, 2.45) is 0 Å². The van der Waals surface area contributed by atoms with E-state index in [4.69, 9.17) is 4.74 Å². The predicted molar refractivity (Wildman–Crippen MR) is 69.5 cm³/mol. The quantitative estimate of drug-likeness (QED) is 0.286. The Balaban J connectivity index is 2.88. The van der Waals surface area contributed by atoms with Crippen molar-refractivity contribution in [2.45, 2.75) is 19.2 Å². The van der Waals surface area contributed by atoms with Crippen LogP contribution in [-0.2, 0) is 31.1 Å². The summed E-state index contributed by atoms with van der Waals surface area (Å²) in [5, 5.41) is 0. The van der Waals surface area contributed by atoms with E-state index in [1.54, 1.807) is 4.98 Å². The fourth-order valence-corrected chi connectivity index (χ4v) is 1.67. The number of H-pyrrole nitrogens is 1. The molecule has 136 valence electrons. The van der Waals surface area contributed by atoms with E-state index >= 15 is 0 Å². The monoisotopic (exact) mass is 376 g/mol. The molecule has 24 heavy (non-hydrogen) atoms. The number of halogens is 3. The number of ether oxygens (including phenoxy) is 2. The molecule has 1 aromatic rings. The molecule has 1 heterocycles. The summed E-state index contributed by atoms with van der Waals surface area (Å²) < 4.78 is 72.0. The minimum Gasteiger partial charge on any atom is -0.463 e. The molecule has 14 heteroatoms. The molecule has 1 N–H and O–H groups in total. The Bertz CT molecular complexity index is 811. The number of hydrogen-bond acceptors (Lipinski definition) is 8. The molecule has 1 aromatic heterocycles. The molecule has 0 spiro atoms. The molecular weight excluding hydrogens is 365 g/mol. The first kappa shape index (κ1) is 19.7. The Morgan fingerprint density at radius 1 is 1.29 bits per heavy atom. The zero-order chi connectivity index (χ0) is 18.5. The van der Waals surface area contributed by atoms with Crippen LogP contribution < -0.4 is 15.4 Å². The lowest BCUT2D eigenvalue weighted by molar-refractivity contribution is -0.142. The third-order valence-electron chi connectivity index (χ3n) is 2.22. The van der Waals surface area contributed by atoms with Gasteiger partial charge in [-0.15, -0.1) is 0 Å². The first-order valence-electron chi connectivity index (χ1n) is 5.99. The van der Waals surface area contributed by atoms with Crippen molar-refractivity contribution in [3.05, 3.63) is 27.0 Å². The summed E-state index contributed by atoms with van der Waals surface area (Å²) >= 11 is 0. The Hall–Kier alpha value is -2.35. The van der Waals surface area contributed by atoms with Gasteiger partial charge in [0.2, 0.25) is 5.75 Å². The second kappa shape index (κ2) is 7.48. The first-order valence-corrected chi connectivity index (χ1v) is 7.40. The van der Waals surface area contributed by atoms with Gasteiger partial charge in [-0.25, -0.2) is 4.79 Å². The Kier molecular flexibility index (Phi) is 6.14. The third kappa shape index (κ3) is 5.38. The summed E-state index contributed by atoms with van der Waals surface area (Å²) in [4.78, 5) is 34.8. The SMILES string of the molecule is CC(=O)OCCOCn1cc(OS(=O)(=O)C(F)(F)F)c(=O)[nH]c1=O. The third-order valence-corrected chi connectivity index (χ3v) is 3.19. The van der Waals surface area contributed by atoms with E-state index in [0.717, 1.165) is 6.92 Å². The molecule has 0 amide bonds. The average Bonchev–Trinajstić information content (AvgIpc) is 2.41. The van der Waals surface area contributed by atoms with E-state index in [0.29, 0.717) is 10.8 Å². The van der Waals surface area contributed by atoms with E-state index < -0.39 is 45.3 Å². The number of hydrogen-bond donors (Lipinski definition) is 1. The number of rotatable bonds is 7. The van der Waals surface area contributed by atoms with Crippen LogP contribution in [0.3, 0.4) is 0 Å². The van der Waals surface area contributed by atoms with Gasteiger partial charge in [-0.1, -0.05) is 0 Å². The maximum Gasteiger partial charge on any atom is 0.534 e. The number of aromatic amines is 1. The van der Waals surface area contributed by atoms with Gasteiger partial charge >= 0.3 is 27.3 Å². The maximum absolute atomic E-state index is 12.2. The number of carbonyl (C=O) groups excluding carboxylic acids is 1. The molecule has 1 rings (SSSR count). The zero-order valence-corrected chi connectivity index (χ0v) is 12.8. The number of nitrogens with one attached hydrogen (secondary N) is 1. The van der Waals surface area contributed by atoms with Gasteiger partial charge in [-0.05, 0) is 0 Å². The van der Waals surface area contributed by atoms with Gasteiger partial charge in [0.15, 0.2) is 0 Å². The number of aromatic nitrogens is 2. The molecule has 0 aliphatic heterocycles. The summed E-state index contributed by atoms with van der Waals surface area (Å²) in [6.45, 7) is 0.262. The molecule has 0 aromatic carbocycles. The molecule has 0 aliphatic carbocycles. The second-order valence-corrected chi connectivity index (χ2v) is 5.62. The zero-order valence-electron chi connectivity index (χ0n) is 12.0. The van der Waals surface area contributed by atoms with Gasteiger partial charge in [0.1, 0.15) is 13.3 Å². The fourth-order valence-electron chi connectivity index (χ4n) is 1.22. The van der Waals surface area contributed by atoms with Crippen LogP contribution in [-0.4, -0.2) is 42.7 Å². The van der Waals surface area contributed by atoms with Crippen LogP contribution in [0.1, 0.15) is 6.92 Å². The molecule has 0 fully saturated rings. The Morgan fingerprint density at radius 3 is 2.46 bits per heavy atom. The molecule has 0 radical (unpaired) electrons. The number of nitrogens with zero attached hydrogens (tertiary/aromatic N) is 1. The van der Waals surface area contributed by atoms with Crippen LogP contribution >= 0.6 is 0 Å². The van der Waals surface area contributed by atoms with Crippen LogP contribution in [0.5, 0.6) is 5.75 Å². The molecular formula is C10H11F3N2O8S. The van der Waals surface area contributed by atoms with Crippen LogP contribution in [0.4, 0.5) is 13.2 Å². The molecule has 0 saturated carbocycles. The minimum atomic E-state index is -6.08. The highest BCUT2D eigenvalue weighted by Gasteiger charge is 2.49. The van der Waals surface area contributed by atoms with Crippen molar-refractivity contribution in [3.63, 3.8) is 0 Å². The fraction of sp³-hybridized carbons (Fsp3) is 0.500. The molecule has 10 nitrogen and oxygen atoms in total.